The first-order chi connectivity index (χ1) is 5.59. The minimum Gasteiger partial charge on any atom is -0.236 e. The molecule has 0 unspecified atom stereocenters. The van der Waals surface area contributed by atoms with Crippen LogP contribution in [0.2, 0.25) is 0 Å². The minimum atomic E-state index is -3.23. The van der Waals surface area contributed by atoms with Crippen LogP contribution in [0.4, 0.5) is 0 Å². The number of halogens is 1. The topological polar surface area (TPSA) is 46.5 Å². The first-order valence-corrected chi connectivity index (χ1v) is 6.77. The quantitative estimate of drug-likeness (QED) is 0.785. The van der Waals surface area contributed by atoms with Gasteiger partial charge in [0.25, 0.3) is 0 Å². The van der Waals surface area contributed by atoms with Gasteiger partial charge in [0, 0.05) is 12.0 Å². The predicted molar refractivity (Wildman–Crippen MR) is 56.4 cm³/mol. The van der Waals surface area contributed by atoms with Gasteiger partial charge in [0.15, 0.2) is 0 Å². The molecule has 0 amide bonds. The molecule has 0 saturated carbocycles. The van der Waals surface area contributed by atoms with Crippen molar-refractivity contribution < 1.29 is 8.42 Å². The fraction of sp³-hybridized carbons (Fsp3) is 0.500. The maximum Gasteiger partial charge on any atom is 0.229 e. The molecule has 1 aliphatic rings. The fourth-order valence-corrected chi connectivity index (χ4v) is 3.36. The summed E-state index contributed by atoms with van der Waals surface area (Å²) in [5.41, 5.74) is 0. The molecule has 0 aromatic carbocycles. The van der Waals surface area contributed by atoms with E-state index < -0.39 is 9.84 Å². The van der Waals surface area contributed by atoms with E-state index in [2.05, 4.69) is 20.9 Å². The molecule has 3 nitrogen and oxygen atoms in total. The van der Waals surface area contributed by atoms with Crippen LogP contribution >= 0.6 is 27.7 Å². The van der Waals surface area contributed by atoms with Crippen molar-refractivity contribution in [1.29, 1.82) is 0 Å². The zero-order valence-corrected chi connectivity index (χ0v) is 9.67. The Labute approximate surface area is 84.4 Å². The molecule has 1 heterocycles. The van der Waals surface area contributed by atoms with Gasteiger partial charge in [-0.15, -0.1) is 0 Å². The highest BCUT2D eigenvalue weighted by atomic mass is 79.9. The Morgan fingerprint density at radius 2 is 2.33 bits per heavy atom. The zero-order chi connectivity index (χ0) is 9.19. The third kappa shape index (κ3) is 1.92. The SMILES string of the molecule is CCSCC1=CN=C(Br)S1(=O)=O. The van der Waals surface area contributed by atoms with Crippen LogP contribution in [0.5, 0.6) is 0 Å². The normalized spacial score (nSPS) is 20.5. The van der Waals surface area contributed by atoms with Crippen LogP contribution in [0, 0.1) is 0 Å². The molecule has 0 aromatic heterocycles. The number of hydrogen-bond acceptors (Lipinski definition) is 4. The summed E-state index contributed by atoms with van der Waals surface area (Å²) < 4.78 is 22.7. The number of aliphatic imine (C=N–C) groups is 1. The molecule has 0 saturated heterocycles. The first-order valence-electron chi connectivity index (χ1n) is 3.34. The molecule has 1 aliphatic heterocycles. The van der Waals surface area contributed by atoms with E-state index in [9.17, 15) is 8.42 Å². The molecule has 0 aliphatic carbocycles. The van der Waals surface area contributed by atoms with Gasteiger partial charge >= 0.3 is 0 Å². The van der Waals surface area contributed by atoms with E-state index in [-0.39, 0.29) is 3.95 Å². The van der Waals surface area contributed by atoms with Crippen LogP contribution in [-0.2, 0) is 9.84 Å². The predicted octanol–water partition coefficient (Wildman–Crippen LogP) is 1.76. The number of nitrogens with zero attached hydrogens (tertiary/aromatic N) is 1. The van der Waals surface area contributed by atoms with Crippen LogP contribution in [0.15, 0.2) is 16.1 Å². The van der Waals surface area contributed by atoms with Crippen molar-refractivity contribution in [2.75, 3.05) is 11.5 Å². The highest BCUT2D eigenvalue weighted by molar-refractivity contribution is 9.21. The van der Waals surface area contributed by atoms with Gasteiger partial charge < -0.3 is 0 Å². The van der Waals surface area contributed by atoms with Crippen molar-refractivity contribution in [3.05, 3.63) is 11.1 Å². The van der Waals surface area contributed by atoms with Crippen molar-refractivity contribution in [1.82, 2.24) is 0 Å². The van der Waals surface area contributed by atoms with Gasteiger partial charge in [-0.05, 0) is 21.7 Å². The van der Waals surface area contributed by atoms with Crippen LogP contribution in [-0.4, -0.2) is 23.9 Å². The first kappa shape index (κ1) is 10.3. The molecule has 0 N–H and O–H groups in total. The minimum absolute atomic E-state index is 0.0294. The Morgan fingerprint density at radius 1 is 1.67 bits per heavy atom. The highest BCUT2D eigenvalue weighted by Crippen LogP contribution is 2.23. The average Bonchev–Trinajstić information content (AvgIpc) is 2.25. The second-order valence-corrected chi connectivity index (χ2v) is 6.59. The van der Waals surface area contributed by atoms with Crippen LogP contribution < -0.4 is 0 Å². The van der Waals surface area contributed by atoms with E-state index in [0.717, 1.165) is 5.75 Å². The number of thioether (sulfide) groups is 1. The van der Waals surface area contributed by atoms with E-state index in [1.54, 1.807) is 11.8 Å². The van der Waals surface area contributed by atoms with E-state index in [0.29, 0.717) is 10.7 Å². The Balaban J connectivity index is 2.74. The Bertz CT molecular complexity index is 331. The lowest BCUT2D eigenvalue weighted by Crippen LogP contribution is -2.08. The average molecular weight is 270 g/mol. The van der Waals surface area contributed by atoms with Gasteiger partial charge in [-0.2, -0.15) is 11.8 Å². The van der Waals surface area contributed by atoms with Crippen LogP contribution in [0.3, 0.4) is 0 Å². The lowest BCUT2D eigenvalue weighted by Gasteiger charge is -1.99. The van der Waals surface area contributed by atoms with E-state index in [1.807, 2.05) is 6.92 Å². The van der Waals surface area contributed by atoms with E-state index in [4.69, 9.17) is 0 Å². The number of hydrogen-bond donors (Lipinski definition) is 0. The summed E-state index contributed by atoms with van der Waals surface area (Å²) in [6, 6.07) is 0. The van der Waals surface area contributed by atoms with Crippen molar-refractivity contribution >= 4 is 41.5 Å². The second kappa shape index (κ2) is 3.93. The molecule has 0 radical (unpaired) electrons. The number of sulfone groups is 1. The van der Waals surface area contributed by atoms with Gasteiger partial charge in [0.1, 0.15) is 0 Å². The summed E-state index contributed by atoms with van der Waals surface area (Å²) >= 11 is 4.46. The van der Waals surface area contributed by atoms with Crippen molar-refractivity contribution in [2.24, 2.45) is 4.99 Å². The zero-order valence-electron chi connectivity index (χ0n) is 6.45. The van der Waals surface area contributed by atoms with Gasteiger partial charge in [0.05, 0.1) is 4.91 Å². The monoisotopic (exact) mass is 269 g/mol. The lowest BCUT2D eigenvalue weighted by atomic mass is 10.7. The molecule has 12 heavy (non-hydrogen) atoms. The summed E-state index contributed by atoms with van der Waals surface area (Å²) in [4.78, 5) is 4.08. The van der Waals surface area contributed by atoms with Gasteiger partial charge in [-0.1, -0.05) is 6.92 Å². The molecule has 6 heteroatoms. The standard InChI is InChI=1S/C6H8BrNO2S2/c1-2-11-4-5-3-8-6(7)12(5,9)10/h3H,2,4H2,1H3. The van der Waals surface area contributed by atoms with Crippen LogP contribution in [0.25, 0.3) is 0 Å². The molecule has 0 aromatic rings. The summed E-state index contributed by atoms with van der Waals surface area (Å²) in [5.74, 6) is 1.42. The fourth-order valence-electron chi connectivity index (χ4n) is 0.687. The summed E-state index contributed by atoms with van der Waals surface area (Å²) in [5, 5.41) is 0. The largest absolute Gasteiger partial charge is 0.236 e. The summed E-state index contributed by atoms with van der Waals surface area (Å²) in [7, 11) is -3.23. The maximum atomic E-state index is 11.3. The number of rotatable bonds is 3. The molecular weight excluding hydrogens is 262 g/mol. The van der Waals surface area contributed by atoms with Gasteiger partial charge in [-0.25, -0.2) is 13.4 Å². The lowest BCUT2D eigenvalue weighted by molar-refractivity contribution is 0.614. The Kier molecular flexibility index (Phi) is 3.37. The Hall–Kier alpha value is 0.190. The van der Waals surface area contributed by atoms with E-state index >= 15 is 0 Å². The summed E-state index contributed by atoms with van der Waals surface area (Å²) in [6.45, 7) is 1.99. The second-order valence-electron chi connectivity index (χ2n) is 2.12. The summed E-state index contributed by atoms with van der Waals surface area (Å²) in [6.07, 6.45) is 1.40. The third-order valence-electron chi connectivity index (χ3n) is 1.33. The smallest absolute Gasteiger partial charge is 0.229 e. The molecular formula is C6H8BrNO2S2. The van der Waals surface area contributed by atoms with E-state index in [1.165, 1.54) is 6.20 Å². The van der Waals surface area contributed by atoms with Gasteiger partial charge in [0.2, 0.25) is 13.8 Å². The Morgan fingerprint density at radius 3 is 2.75 bits per heavy atom. The van der Waals surface area contributed by atoms with Crippen molar-refractivity contribution in [3.63, 3.8) is 0 Å². The van der Waals surface area contributed by atoms with Crippen molar-refractivity contribution in [3.8, 4) is 0 Å². The van der Waals surface area contributed by atoms with Crippen LogP contribution in [0.1, 0.15) is 6.92 Å². The van der Waals surface area contributed by atoms with Crippen molar-refractivity contribution in [2.45, 2.75) is 6.92 Å². The highest BCUT2D eigenvalue weighted by Gasteiger charge is 2.26. The third-order valence-corrected chi connectivity index (χ3v) is 5.40. The molecule has 0 bridgehead atoms. The maximum absolute atomic E-state index is 11.3. The van der Waals surface area contributed by atoms with Gasteiger partial charge in [-0.3, -0.25) is 0 Å². The molecule has 0 fully saturated rings. The molecule has 0 atom stereocenters. The molecule has 1 rings (SSSR count). The molecule has 68 valence electrons. The molecule has 0 spiro atoms.